The quantitative estimate of drug-likeness (QED) is 0.413. The average molecular weight is 389 g/mol. The largest absolute Gasteiger partial charge is 1.00 e. The van der Waals surface area contributed by atoms with Crippen LogP contribution in [0.3, 0.4) is 0 Å². The molecule has 2 aromatic carbocycles. The summed E-state index contributed by atoms with van der Waals surface area (Å²) in [4.78, 5) is -0.260. The molecule has 2 rings (SSSR count). The van der Waals surface area contributed by atoms with Crippen molar-refractivity contribution in [3.63, 3.8) is 0 Å². The van der Waals surface area contributed by atoms with E-state index in [1.165, 1.54) is 0 Å². The number of benzene rings is 2. The Bertz CT molecular complexity index is 776. The molecule has 130 valence electrons. The van der Waals surface area contributed by atoms with E-state index in [0.717, 1.165) is 31.4 Å². The van der Waals surface area contributed by atoms with Crippen molar-refractivity contribution in [1.82, 2.24) is 0 Å². The zero-order valence-corrected chi connectivity index (χ0v) is 18.5. The fourth-order valence-corrected chi connectivity index (χ4v) is 3.26. The van der Waals surface area contributed by atoms with Crippen molar-refractivity contribution in [2.24, 2.45) is 0 Å². The van der Waals surface area contributed by atoms with Crippen molar-refractivity contribution in [2.45, 2.75) is 43.9 Å². The predicted molar refractivity (Wildman–Crippen MR) is 90.1 cm³/mol. The van der Waals surface area contributed by atoms with Gasteiger partial charge < -0.3 is 9.84 Å². The Labute approximate surface area is 191 Å². The summed E-state index contributed by atoms with van der Waals surface area (Å²) >= 11 is 0. The molecule has 0 saturated carbocycles. The molecule has 0 unspecified atom stereocenters. The minimum absolute atomic E-state index is 0. The van der Waals surface area contributed by atoms with Gasteiger partial charge in [-0.1, -0.05) is 56.2 Å². The molecule has 0 atom stereocenters. The van der Waals surface area contributed by atoms with Gasteiger partial charge in [-0.05, 0) is 31.0 Å². The van der Waals surface area contributed by atoms with Crippen LogP contribution in [-0.2, 0) is 16.5 Å². The molecule has 2 aromatic rings. The van der Waals surface area contributed by atoms with Gasteiger partial charge in [-0.15, -0.1) is 0 Å². The Morgan fingerprint density at radius 3 is 2.32 bits per heavy atom. The first-order valence-corrected chi connectivity index (χ1v) is 9.40. The van der Waals surface area contributed by atoms with Crippen LogP contribution in [-0.4, -0.2) is 13.0 Å². The van der Waals surface area contributed by atoms with Crippen LogP contribution >= 0.6 is 0 Å². The molecule has 0 aliphatic heterocycles. The van der Waals surface area contributed by atoms with Crippen molar-refractivity contribution in [1.29, 1.82) is 0 Å². The van der Waals surface area contributed by atoms with Crippen LogP contribution in [0, 0.1) is 0 Å². The van der Waals surface area contributed by atoms with Crippen LogP contribution in [0.25, 0.3) is 0 Å². The molecular weight excluding hydrogens is 367 g/mol. The number of hydrogen-bond acceptors (Lipinski definition) is 4. The monoisotopic (exact) mass is 388 g/mol. The van der Waals surface area contributed by atoms with Crippen LogP contribution in [0.5, 0.6) is 17.2 Å². The molecule has 0 bridgehead atoms. The van der Waals surface area contributed by atoms with Gasteiger partial charge in [-0.2, -0.15) is 8.42 Å². The Morgan fingerprint density at radius 1 is 1.04 bits per heavy atom. The van der Waals surface area contributed by atoms with Gasteiger partial charge >= 0.3 is 51.4 Å². The Kier molecular flexibility index (Phi) is 9.65. The fraction of sp³-hybridized carbons (Fsp3) is 0.333. The summed E-state index contributed by atoms with van der Waals surface area (Å²) in [6.45, 7) is 2.08. The summed E-state index contributed by atoms with van der Waals surface area (Å²) in [5.41, 5.74) is 0.241. The number of hydrogen-bond donors (Lipinski definition) is 1. The molecule has 0 amide bonds. The molecule has 0 aliphatic carbocycles. The van der Waals surface area contributed by atoms with Gasteiger partial charge in [0.15, 0.2) is 0 Å². The molecule has 0 saturated heterocycles. The zero-order chi connectivity index (χ0) is 17.6. The number of rotatable bonds is 8. The van der Waals surface area contributed by atoms with Gasteiger partial charge in [-0.3, -0.25) is 4.55 Å². The van der Waals surface area contributed by atoms with Crippen LogP contribution in [0.4, 0.5) is 0 Å². The van der Waals surface area contributed by atoms with Crippen molar-refractivity contribution in [3.8, 4) is 17.2 Å². The van der Waals surface area contributed by atoms with E-state index in [4.69, 9.17) is 4.74 Å². The van der Waals surface area contributed by atoms with E-state index < -0.39 is 15.9 Å². The smallest absolute Gasteiger partial charge is 0.870 e. The summed E-state index contributed by atoms with van der Waals surface area (Å²) in [5, 5.41) is 12.2. The first kappa shape index (κ1) is 22.6. The molecule has 5 nitrogen and oxygen atoms in total. The van der Waals surface area contributed by atoms with Gasteiger partial charge in [0.25, 0.3) is 10.1 Å². The second-order valence-electron chi connectivity index (χ2n) is 5.57. The normalized spacial score (nSPS) is 11.0. The summed E-state index contributed by atoms with van der Waals surface area (Å²) < 4.78 is 38.4. The minimum Gasteiger partial charge on any atom is -0.870 e. The van der Waals surface area contributed by atoms with E-state index in [-0.39, 0.29) is 67.6 Å². The van der Waals surface area contributed by atoms with Crippen molar-refractivity contribution < 1.29 is 74.2 Å². The fourth-order valence-electron chi connectivity index (χ4n) is 2.51. The third kappa shape index (κ3) is 6.67. The summed E-state index contributed by atoms with van der Waals surface area (Å²) in [7, 11) is -4.43. The number of unbranched alkanes of at least 4 members (excludes halogenated alkanes) is 3. The summed E-state index contributed by atoms with van der Waals surface area (Å²) in [5.74, 6) is 0.00136. The van der Waals surface area contributed by atoms with Crippen LogP contribution in [0.2, 0.25) is 0 Å². The van der Waals surface area contributed by atoms with Crippen LogP contribution in [0.1, 0.15) is 38.2 Å². The number of para-hydroxylation sites is 1. The second-order valence-corrected chi connectivity index (χ2v) is 6.96. The van der Waals surface area contributed by atoms with Gasteiger partial charge in [0.1, 0.15) is 16.4 Å². The van der Waals surface area contributed by atoms with Crippen molar-refractivity contribution in [2.75, 3.05) is 0 Å². The second kappa shape index (κ2) is 10.7. The van der Waals surface area contributed by atoms with Gasteiger partial charge in [-0.25, -0.2) is 0 Å². The Balaban J connectivity index is 0.00000312. The van der Waals surface area contributed by atoms with Crippen LogP contribution < -0.4 is 61.2 Å². The zero-order valence-electron chi connectivity index (χ0n) is 14.6. The van der Waals surface area contributed by atoms with Crippen molar-refractivity contribution >= 4 is 10.1 Å². The summed E-state index contributed by atoms with van der Waals surface area (Å²) in [6.07, 6.45) is 4.04. The molecule has 7 heteroatoms. The minimum atomic E-state index is -4.43. The Morgan fingerprint density at radius 2 is 1.72 bits per heavy atom. The van der Waals surface area contributed by atoms with Gasteiger partial charge in [0.2, 0.25) is 0 Å². The van der Waals surface area contributed by atoms with E-state index in [0.29, 0.717) is 18.6 Å². The van der Waals surface area contributed by atoms with E-state index in [9.17, 15) is 18.1 Å². The first-order chi connectivity index (χ1) is 11.4. The van der Waals surface area contributed by atoms with Crippen molar-refractivity contribution in [3.05, 3.63) is 48.0 Å². The molecule has 0 fully saturated rings. The Hall–Kier alpha value is -0.414. The molecule has 0 radical (unpaired) electrons. The first-order valence-electron chi connectivity index (χ1n) is 7.96. The predicted octanol–water partition coefficient (Wildman–Crippen LogP) is 0.926. The maximum Gasteiger partial charge on any atom is 1.00 e. The third-order valence-corrected chi connectivity index (χ3v) is 4.64. The maximum atomic E-state index is 12.2. The van der Waals surface area contributed by atoms with Gasteiger partial charge in [0.05, 0.1) is 0 Å². The van der Waals surface area contributed by atoms with E-state index in [1.807, 2.05) is 6.07 Å². The van der Waals surface area contributed by atoms with E-state index in [2.05, 4.69) is 6.92 Å². The third-order valence-electron chi connectivity index (χ3n) is 3.70. The molecule has 0 aromatic heterocycles. The molecular formula is C18H21KO5S. The van der Waals surface area contributed by atoms with E-state index in [1.54, 1.807) is 24.3 Å². The molecule has 0 heterocycles. The summed E-state index contributed by atoms with van der Waals surface area (Å²) in [6, 6.07) is 10.9. The molecule has 0 aliphatic rings. The van der Waals surface area contributed by atoms with E-state index >= 15 is 0 Å². The topological polar surface area (TPSA) is 86.7 Å². The molecule has 25 heavy (non-hydrogen) atoms. The average Bonchev–Trinajstić information content (AvgIpc) is 2.54. The number of ether oxygens (including phenoxy) is 1. The molecule has 0 spiro atoms. The van der Waals surface area contributed by atoms with Gasteiger partial charge in [0, 0.05) is 5.56 Å². The standard InChI is InChI=1S/C18H22O5S.K/c1-2-3-4-8-11-15-17(24(20,21)22)13-12-16(19)18(15)23-14-9-6-5-7-10-14;/h5-7,9-10,12-13,19H,2-4,8,11H2,1H3,(H,20,21,22);/q;+1/p-1. The SMILES string of the molecule is CCCCCCc1c(S(=O)(=O)O)ccc([O-])c1Oc1ccccc1.[K+]. The molecule has 1 N–H and O–H groups in total. The maximum absolute atomic E-state index is 12.2. The van der Waals surface area contributed by atoms with Crippen LogP contribution in [0.15, 0.2) is 47.4 Å².